The van der Waals surface area contributed by atoms with Crippen LogP contribution in [0.15, 0.2) is 35.5 Å². The molecule has 190 valence electrons. The van der Waals surface area contributed by atoms with E-state index in [1.165, 1.54) is 32.1 Å². The van der Waals surface area contributed by atoms with Gasteiger partial charge in [-0.15, -0.1) is 0 Å². The van der Waals surface area contributed by atoms with Crippen molar-refractivity contribution in [2.45, 2.75) is 98.2 Å². The molecule has 3 saturated carbocycles. The fourth-order valence-electron chi connectivity index (χ4n) is 8.16. The van der Waals surface area contributed by atoms with E-state index in [4.69, 9.17) is 14.2 Å². The molecule has 0 bridgehead atoms. The molecule has 0 spiro atoms. The van der Waals surface area contributed by atoms with Gasteiger partial charge < -0.3 is 14.2 Å². The molecule has 0 aliphatic heterocycles. The van der Waals surface area contributed by atoms with Gasteiger partial charge >= 0.3 is 5.97 Å². The highest BCUT2D eigenvalue weighted by Crippen LogP contribution is 2.66. The van der Waals surface area contributed by atoms with E-state index in [0.717, 1.165) is 12.8 Å². The van der Waals surface area contributed by atoms with Gasteiger partial charge in [-0.25, -0.2) is 0 Å². The number of methoxy groups -OCH3 is 1. The van der Waals surface area contributed by atoms with Gasteiger partial charge in [0.05, 0.1) is 6.10 Å². The molecule has 0 amide bonds. The Morgan fingerprint density at radius 2 is 1.94 bits per heavy atom. The zero-order valence-electron chi connectivity index (χ0n) is 22.3. The van der Waals surface area contributed by atoms with Crippen molar-refractivity contribution in [1.82, 2.24) is 0 Å². The lowest BCUT2D eigenvalue weighted by molar-refractivity contribution is -0.150. The maximum absolute atomic E-state index is 12.1. The van der Waals surface area contributed by atoms with Crippen molar-refractivity contribution in [2.24, 2.45) is 34.5 Å². The molecule has 4 rings (SSSR count). The Bertz CT molecular complexity index is 841. The maximum atomic E-state index is 12.1. The van der Waals surface area contributed by atoms with Crippen LogP contribution >= 0.6 is 0 Å². The molecule has 0 aromatic carbocycles. The summed E-state index contributed by atoms with van der Waals surface area (Å²) in [7, 11) is 1.70. The van der Waals surface area contributed by atoms with E-state index in [9.17, 15) is 4.79 Å². The van der Waals surface area contributed by atoms with Gasteiger partial charge in [-0.05, 0) is 86.5 Å². The van der Waals surface area contributed by atoms with Gasteiger partial charge in [-0.3, -0.25) is 4.79 Å². The quantitative estimate of drug-likeness (QED) is 0.217. The summed E-state index contributed by atoms with van der Waals surface area (Å²) in [5.41, 5.74) is 3.84. The van der Waals surface area contributed by atoms with Crippen molar-refractivity contribution >= 4 is 5.97 Å². The molecule has 8 unspecified atom stereocenters. The van der Waals surface area contributed by atoms with Gasteiger partial charge in [0.2, 0.25) is 0 Å². The minimum Gasteiger partial charge on any atom is -0.458 e. The number of ether oxygens (including phenoxy) is 3. The standard InChI is InChI=1S/C30H46O4/c1-7-9-27(34-28(31)8-2)20(3)24-12-13-25-23-11-10-21-18-22(33-19-32-6)14-16-29(21,4)26(23)15-17-30(24,25)5/h7,9-11,20,22,24-27H,8,12-19H2,1-6H3/b9-7-. The predicted molar refractivity (Wildman–Crippen MR) is 136 cm³/mol. The van der Waals surface area contributed by atoms with E-state index < -0.39 is 0 Å². The Morgan fingerprint density at radius 3 is 2.65 bits per heavy atom. The zero-order chi connectivity index (χ0) is 24.5. The molecule has 0 saturated heterocycles. The van der Waals surface area contributed by atoms with Gasteiger partial charge in [0.25, 0.3) is 0 Å². The third kappa shape index (κ3) is 4.46. The zero-order valence-corrected chi connectivity index (χ0v) is 22.3. The Balaban J connectivity index is 1.55. The van der Waals surface area contributed by atoms with Crippen molar-refractivity contribution in [2.75, 3.05) is 13.9 Å². The van der Waals surface area contributed by atoms with Gasteiger partial charge in [0, 0.05) is 19.4 Å². The number of allylic oxidation sites excluding steroid dienone is 4. The molecule has 0 heterocycles. The van der Waals surface area contributed by atoms with Crippen molar-refractivity contribution in [3.63, 3.8) is 0 Å². The fourth-order valence-corrected chi connectivity index (χ4v) is 8.16. The lowest BCUT2D eigenvalue weighted by Crippen LogP contribution is -2.47. The molecule has 0 radical (unpaired) electrons. The Morgan fingerprint density at radius 1 is 1.15 bits per heavy atom. The summed E-state index contributed by atoms with van der Waals surface area (Å²) >= 11 is 0. The van der Waals surface area contributed by atoms with Crippen LogP contribution in [0.1, 0.15) is 86.0 Å². The fraction of sp³-hybridized carbons (Fsp3) is 0.767. The molecule has 4 nitrogen and oxygen atoms in total. The second kappa shape index (κ2) is 10.3. The molecule has 8 atom stereocenters. The Hall–Kier alpha value is -1.39. The summed E-state index contributed by atoms with van der Waals surface area (Å²) in [4.78, 5) is 12.1. The summed E-state index contributed by atoms with van der Waals surface area (Å²) < 4.78 is 17.0. The molecule has 34 heavy (non-hydrogen) atoms. The van der Waals surface area contributed by atoms with Crippen molar-refractivity contribution in [3.05, 3.63) is 35.5 Å². The molecule has 4 heteroatoms. The smallest absolute Gasteiger partial charge is 0.306 e. The second-order valence-corrected chi connectivity index (χ2v) is 11.7. The van der Waals surface area contributed by atoms with Crippen LogP contribution in [0.3, 0.4) is 0 Å². The number of hydrogen-bond donors (Lipinski definition) is 0. The minimum absolute atomic E-state index is 0.0935. The van der Waals surface area contributed by atoms with Crippen LogP contribution in [-0.4, -0.2) is 32.1 Å². The van der Waals surface area contributed by atoms with Crippen LogP contribution in [0.2, 0.25) is 0 Å². The largest absolute Gasteiger partial charge is 0.458 e. The normalized spacial score (nSPS) is 38.9. The van der Waals surface area contributed by atoms with Gasteiger partial charge in [0.1, 0.15) is 12.9 Å². The average molecular weight is 471 g/mol. The molecular weight excluding hydrogens is 424 g/mol. The first kappa shape index (κ1) is 25.7. The van der Waals surface area contributed by atoms with Crippen molar-refractivity contribution in [3.8, 4) is 0 Å². The van der Waals surface area contributed by atoms with Crippen LogP contribution in [0, 0.1) is 34.5 Å². The van der Waals surface area contributed by atoms with E-state index >= 15 is 0 Å². The van der Waals surface area contributed by atoms with Crippen LogP contribution in [0.5, 0.6) is 0 Å². The molecule has 3 fully saturated rings. The lowest BCUT2D eigenvalue weighted by atomic mass is 9.50. The molecule has 4 aliphatic rings. The van der Waals surface area contributed by atoms with Crippen LogP contribution < -0.4 is 0 Å². The van der Waals surface area contributed by atoms with Gasteiger partial charge in [-0.1, -0.05) is 57.1 Å². The third-order valence-corrected chi connectivity index (χ3v) is 10.1. The Kier molecular flexibility index (Phi) is 7.79. The third-order valence-electron chi connectivity index (χ3n) is 10.1. The first-order valence-corrected chi connectivity index (χ1v) is 13.6. The highest BCUT2D eigenvalue weighted by molar-refractivity contribution is 5.69. The average Bonchev–Trinajstić information content (AvgIpc) is 3.19. The first-order chi connectivity index (χ1) is 16.3. The highest BCUT2D eigenvalue weighted by Gasteiger charge is 2.57. The number of carbonyl (C=O) groups is 1. The van der Waals surface area contributed by atoms with Gasteiger partial charge in [-0.2, -0.15) is 0 Å². The van der Waals surface area contributed by atoms with Crippen molar-refractivity contribution < 1.29 is 19.0 Å². The molecule has 0 N–H and O–H groups in total. The summed E-state index contributed by atoms with van der Waals surface area (Å²) in [5, 5.41) is 0. The SMILES string of the molecule is C/C=C\C(OC(=O)CC)C(C)C1CCC2C3=CC=C4CC(OCOC)CCC4(C)C3CCC21C. The number of hydrogen-bond acceptors (Lipinski definition) is 4. The number of fused-ring (bicyclic) bond motifs is 5. The molecule has 4 aliphatic carbocycles. The summed E-state index contributed by atoms with van der Waals surface area (Å²) in [6.07, 6.45) is 18.1. The topological polar surface area (TPSA) is 44.8 Å². The van der Waals surface area contributed by atoms with E-state index in [1.54, 1.807) is 18.3 Å². The van der Waals surface area contributed by atoms with Crippen LogP contribution in [0.25, 0.3) is 0 Å². The minimum atomic E-state index is -0.123. The monoisotopic (exact) mass is 470 g/mol. The lowest BCUT2D eigenvalue weighted by Gasteiger charge is -2.55. The number of esters is 1. The van der Waals surface area contributed by atoms with E-state index in [0.29, 0.717) is 36.9 Å². The second-order valence-electron chi connectivity index (χ2n) is 11.7. The summed E-state index contributed by atoms with van der Waals surface area (Å²) in [5.74, 6) is 2.11. The maximum Gasteiger partial charge on any atom is 0.306 e. The van der Waals surface area contributed by atoms with E-state index in [1.807, 2.05) is 19.9 Å². The highest BCUT2D eigenvalue weighted by atomic mass is 16.7. The number of rotatable bonds is 8. The molecule has 0 aromatic heterocycles. The first-order valence-electron chi connectivity index (χ1n) is 13.6. The number of carbonyl (C=O) groups excluding carboxylic acids is 1. The Labute approximate surface area is 207 Å². The summed E-state index contributed by atoms with van der Waals surface area (Å²) in [6, 6.07) is 0. The van der Waals surface area contributed by atoms with Crippen LogP contribution in [0.4, 0.5) is 0 Å². The van der Waals surface area contributed by atoms with E-state index in [2.05, 4.69) is 39.0 Å². The predicted octanol–water partition coefficient (Wildman–Crippen LogP) is 7.01. The van der Waals surface area contributed by atoms with Gasteiger partial charge in [0.15, 0.2) is 0 Å². The summed E-state index contributed by atoms with van der Waals surface area (Å²) in [6.45, 7) is 11.7. The molecule has 0 aromatic rings. The molecular formula is C30H46O4. The van der Waals surface area contributed by atoms with E-state index in [-0.39, 0.29) is 29.0 Å². The van der Waals surface area contributed by atoms with Crippen molar-refractivity contribution in [1.29, 1.82) is 0 Å². The van der Waals surface area contributed by atoms with Crippen LogP contribution in [-0.2, 0) is 19.0 Å².